The molecule has 0 aromatic heterocycles. The van der Waals surface area contributed by atoms with Crippen molar-refractivity contribution < 1.29 is 29.3 Å². The van der Waals surface area contributed by atoms with E-state index in [4.69, 9.17) is 19.7 Å². The third kappa shape index (κ3) is 36.2. The number of carbonyl (C=O) groups is 2. The first-order valence-corrected chi connectivity index (χ1v) is 25.7. The molecule has 1 saturated heterocycles. The van der Waals surface area contributed by atoms with E-state index in [0.29, 0.717) is 12.8 Å². The molecule has 0 saturated carbocycles. The van der Waals surface area contributed by atoms with Gasteiger partial charge in [0.05, 0.1) is 13.2 Å². The lowest BCUT2D eigenvalue weighted by Gasteiger charge is -2.17. The van der Waals surface area contributed by atoms with Crippen LogP contribution in [0.15, 0.2) is 66.8 Å². The highest BCUT2D eigenvalue weighted by atomic mass is 16.5. The Labute approximate surface area is 379 Å². The third-order valence-corrected chi connectivity index (χ3v) is 11.8. The van der Waals surface area contributed by atoms with Crippen molar-refractivity contribution in [2.75, 3.05) is 26.3 Å². The Morgan fingerprint density at radius 2 is 0.758 bits per heavy atom. The van der Waals surface area contributed by atoms with Crippen LogP contribution in [0.1, 0.15) is 224 Å². The molecule has 62 heavy (non-hydrogen) atoms. The van der Waals surface area contributed by atoms with Gasteiger partial charge < -0.3 is 19.7 Å². The highest BCUT2D eigenvalue weighted by Crippen LogP contribution is 2.26. The van der Waals surface area contributed by atoms with Crippen molar-refractivity contribution >= 4 is 11.9 Å². The van der Waals surface area contributed by atoms with Crippen LogP contribution < -0.4 is 9.47 Å². The van der Waals surface area contributed by atoms with Gasteiger partial charge in [-0.05, 0) is 134 Å². The van der Waals surface area contributed by atoms with Crippen LogP contribution in [0.3, 0.4) is 0 Å². The standard InChI is InChI=1S/C55H91NO6/c57-54(58)41-35-31-27-23-19-15-11-7-3-1-5-9-13-17-21-25-29-33-39-45-61-52-47-51(50-56-43-37-38-44-56)48-53(49-52)62-46-40-34-30-26-22-18-14-10-6-2-4-8-12-16-20-24-28-32-36-42-55(59)60/h1-2,5-8,11-12,47-49H,3-4,9-10,13-46,50H2,(H,57,58)(H,59,60). The molecule has 7 heteroatoms. The summed E-state index contributed by atoms with van der Waals surface area (Å²) in [5, 5.41) is 17.4. The SMILES string of the molecule is O=C(O)CCCCCCCC=CCC=CCCCCCCCCCOc1cc(CN2CCCC2)cc(OCCCCCCCCCC=CCC=CCCCCCCCC(=O)O)c1. The summed E-state index contributed by atoms with van der Waals surface area (Å²) in [6.07, 6.45) is 56.9. The van der Waals surface area contributed by atoms with Crippen LogP contribution in [0.4, 0.5) is 0 Å². The quantitative estimate of drug-likeness (QED) is 0.0498. The topological polar surface area (TPSA) is 96.3 Å². The van der Waals surface area contributed by atoms with E-state index in [0.717, 1.165) is 108 Å². The number of hydrogen-bond donors (Lipinski definition) is 2. The van der Waals surface area contributed by atoms with Crippen LogP contribution in [-0.2, 0) is 16.1 Å². The van der Waals surface area contributed by atoms with Crippen LogP contribution in [0.5, 0.6) is 11.5 Å². The van der Waals surface area contributed by atoms with E-state index in [-0.39, 0.29) is 0 Å². The van der Waals surface area contributed by atoms with Gasteiger partial charge in [0.15, 0.2) is 0 Å². The smallest absolute Gasteiger partial charge is 0.303 e. The Kier molecular flexibility index (Phi) is 36.8. The van der Waals surface area contributed by atoms with E-state index in [9.17, 15) is 9.59 Å². The van der Waals surface area contributed by atoms with Crippen LogP contribution >= 0.6 is 0 Å². The highest BCUT2D eigenvalue weighted by Gasteiger charge is 2.13. The fraction of sp³-hybridized carbons (Fsp3) is 0.709. The summed E-state index contributed by atoms with van der Waals surface area (Å²) in [5.74, 6) is 0.568. The van der Waals surface area contributed by atoms with E-state index >= 15 is 0 Å². The van der Waals surface area contributed by atoms with E-state index in [2.05, 4.69) is 71.7 Å². The molecule has 7 nitrogen and oxygen atoms in total. The number of carboxylic acids is 2. The predicted molar refractivity (Wildman–Crippen MR) is 262 cm³/mol. The Balaban J connectivity index is 1.45. The summed E-state index contributed by atoms with van der Waals surface area (Å²) in [6.45, 7) is 4.91. The summed E-state index contributed by atoms with van der Waals surface area (Å²) >= 11 is 0. The van der Waals surface area contributed by atoms with Crippen LogP contribution in [0, 0.1) is 0 Å². The molecule has 0 unspecified atom stereocenters. The number of allylic oxidation sites excluding steroid dienone is 8. The second-order valence-electron chi connectivity index (χ2n) is 17.8. The zero-order valence-electron chi connectivity index (χ0n) is 39.4. The van der Waals surface area contributed by atoms with Crippen molar-refractivity contribution in [1.29, 1.82) is 0 Å². The van der Waals surface area contributed by atoms with Gasteiger partial charge in [0.25, 0.3) is 0 Å². The number of unbranched alkanes of at least 4 members (excludes halogenated alkanes) is 24. The molecule has 0 amide bonds. The summed E-state index contributed by atoms with van der Waals surface area (Å²) in [7, 11) is 0. The van der Waals surface area contributed by atoms with Gasteiger partial charge in [0.1, 0.15) is 11.5 Å². The van der Waals surface area contributed by atoms with Crippen molar-refractivity contribution in [3.63, 3.8) is 0 Å². The van der Waals surface area contributed by atoms with Gasteiger partial charge in [-0.15, -0.1) is 0 Å². The first-order valence-electron chi connectivity index (χ1n) is 25.7. The number of rotatable bonds is 44. The normalized spacial score (nSPS) is 13.5. The number of likely N-dealkylation sites (tertiary alicyclic amines) is 1. The maximum atomic E-state index is 10.5. The van der Waals surface area contributed by atoms with E-state index in [1.165, 1.54) is 147 Å². The van der Waals surface area contributed by atoms with Gasteiger partial charge in [-0.2, -0.15) is 0 Å². The molecule has 1 heterocycles. The van der Waals surface area contributed by atoms with E-state index < -0.39 is 11.9 Å². The molecule has 1 aliphatic heterocycles. The van der Waals surface area contributed by atoms with Crippen LogP contribution in [0.2, 0.25) is 0 Å². The lowest BCUT2D eigenvalue weighted by atomic mass is 10.1. The van der Waals surface area contributed by atoms with Crippen LogP contribution in [-0.4, -0.2) is 53.4 Å². The van der Waals surface area contributed by atoms with Gasteiger partial charge >= 0.3 is 11.9 Å². The monoisotopic (exact) mass is 862 g/mol. The minimum absolute atomic E-state index is 0.309. The minimum Gasteiger partial charge on any atom is -0.493 e. The number of aliphatic carboxylic acids is 2. The van der Waals surface area contributed by atoms with Gasteiger partial charge in [-0.25, -0.2) is 0 Å². The van der Waals surface area contributed by atoms with Crippen molar-refractivity contribution in [3.05, 3.63) is 72.4 Å². The van der Waals surface area contributed by atoms with E-state index in [1.54, 1.807) is 0 Å². The number of carboxylic acid groups (broad SMARTS) is 2. The van der Waals surface area contributed by atoms with Gasteiger partial charge in [-0.3, -0.25) is 14.5 Å². The number of nitrogens with zero attached hydrogens (tertiary/aromatic N) is 1. The van der Waals surface area contributed by atoms with E-state index in [1.807, 2.05) is 0 Å². The zero-order valence-corrected chi connectivity index (χ0v) is 39.4. The minimum atomic E-state index is -0.677. The summed E-state index contributed by atoms with van der Waals surface area (Å²) in [5.41, 5.74) is 1.31. The zero-order chi connectivity index (χ0) is 44.2. The first kappa shape index (κ1) is 54.8. The Morgan fingerprint density at radius 1 is 0.435 bits per heavy atom. The average Bonchev–Trinajstić information content (AvgIpc) is 3.77. The van der Waals surface area contributed by atoms with Crippen molar-refractivity contribution in [2.45, 2.75) is 225 Å². The molecule has 1 aromatic rings. The Bertz CT molecular complexity index is 1240. The molecule has 1 aliphatic rings. The molecule has 0 aliphatic carbocycles. The van der Waals surface area contributed by atoms with Gasteiger partial charge in [0, 0.05) is 25.5 Å². The fourth-order valence-corrected chi connectivity index (χ4v) is 8.11. The molecular formula is C55H91NO6. The number of ether oxygens (including phenoxy) is 2. The highest BCUT2D eigenvalue weighted by molar-refractivity contribution is 5.66. The fourth-order valence-electron chi connectivity index (χ4n) is 8.11. The largest absolute Gasteiger partial charge is 0.493 e. The summed E-state index contributed by atoms with van der Waals surface area (Å²) in [6, 6.07) is 6.58. The molecule has 0 spiro atoms. The maximum absolute atomic E-state index is 10.5. The van der Waals surface area contributed by atoms with Crippen molar-refractivity contribution in [1.82, 2.24) is 4.90 Å². The average molecular weight is 862 g/mol. The molecule has 0 atom stereocenters. The Morgan fingerprint density at radius 3 is 1.11 bits per heavy atom. The number of benzene rings is 1. The molecule has 1 fully saturated rings. The second-order valence-corrected chi connectivity index (χ2v) is 17.8. The maximum Gasteiger partial charge on any atom is 0.303 e. The summed E-state index contributed by atoms with van der Waals surface area (Å²) in [4.78, 5) is 23.6. The molecule has 1 aromatic carbocycles. The van der Waals surface area contributed by atoms with Crippen molar-refractivity contribution in [3.8, 4) is 11.5 Å². The molecule has 2 N–H and O–H groups in total. The molecule has 352 valence electrons. The molecular weight excluding hydrogens is 771 g/mol. The molecule has 2 rings (SSSR count). The van der Waals surface area contributed by atoms with Gasteiger partial charge in [-0.1, -0.05) is 151 Å². The first-order chi connectivity index (χ1) is 30.5. The summed E-state index contributed by atoms with van der Waals surface area (Å²) < 4.78 is 12.6. The number of hydrogen-bond acceptors (Lipinski definition) is 5. The lowest BCUT2D eigenvalue weighted by molar-refractivity contribution is -0.138. The molecule has 0 radical (unpaired) electrons. The predicted octanol–water partition coefficient (Wildman–Crippen LogP) is 15.9. The lowest BCUT2D eigenvalue weighted by Crippen LogP contribution is -2.18. The van der Waals surface area contributed by atoms with Crippen LogP contribution in [0.25, 0.3) is 0 Å². The molecule has 0 bridgehead atoms. The van der Waals surface area contributed by atoms with Crippen molar-refractivity contribution in [2.24, 2.45) is 0 Å². The second kappa shape index (κ2) is 41.7. The third-order valence-electron chi connectivity index (χ3n) is 11.8. The van der Waals surface area contributed by atoms with Gasteiger partial charge in [0.2, 0.25) is 0 Å². The Hall–Kier alpha value is -3.32.